The summed E-state index contributed by atoms with van der Waals surface area (Å²) in [5, 5.41) is 2.75. The number of anilines is 1. The van der Waals surface area contributed by atoms with Gasteiger partial charge in [0.25, 0.3) is 5.92 Å². The maximum Gasteiger partial charge on any atom is 0.257 e. The van der Waals surface area contributed by atoms with Crippen molar-refractivity contribution in [3.63, 3.8) is 0 Å². The van der Waals surface area contributed by atoms with Crippen LogP contribution < -0.4 is 10.1 Å². The number of nitrogens with one attached hydrogen (secondary N) is 1. The van der Waals surface area contributed by atoms with Gasteiger partial charge in [0.2, 0.25) is 11.8 Å². The van der Waals surface area contributed by atoms with Gasteiger partial charge in [0, 0.05) is 44.2 Å². The number of hydrogen-bond acceptors (Lipinski definition) is 6. The molecule has 0 radical (unpaired) electrons. The maximum absolute atomic E-state index is 14.6. The van der Waals surface area contributed by atoms with Gasteiger partial charge < -0.3 is 10.1 Å². The minimum Gasteiger partial charge on any atom is -0.437 e. The number of ether oxygens (including phenoxy) is 1. The van der Waals surface area contributed by atoms with E-state index in [1.165, 1.54) is 18.6 Å². The third-order valence-corrected chi connectivity index (χ3v) is 5.54. The maximum atomic E-state index is 14.6. The third-order valence-electron chi connectivity index (χ3n) is 5.54. The normalized spacial score (nSPS) is 19.2. The van der Waals surface area contributed by atoms with E-state index < -0.39 is 17.9 Å². The van der Waals surface area contributed by atoms with Gasteiger partial charge in [0.05, 0.1) is 18.2 Å². The molecule has 0 spiro atoms. The van der Waals surface area contributed by atoms with Gasteiger partial charge in [0.1, 0.15) is 11.6 Å². The van der Waals surface area contributed by atoms with Crippen molar-refractivity contribution in [3.05, 3.63) is 72.8 Å². The second-order valence-electron chi connectivity index (χ2n) is 7.65. The van der Waals surface area contributed by atoms with E-state index in [1.54, 1.807) is 60.5 Å². The molecule has 1 aliphatic rings. The summed E-state index contributed by atoms with van der Waals surface area (Å²) in [6, 6.07) is 11.2. The van der Waals surface area contributed by atoms with E-state index in [0.717, 1.165) is 0 Å². The number of carbonyl (C=O) groups excluding carboxylic acids is 1. The molecule has 0 saturated carbocycles. The summed E-state index contributed by atoms with van der Waals surface area (Å²) >= 11 is 0. The van der Waals surface area contributed by atoms with Gasteiger partial charge in [-0.15, -0.1) is 0 Å². The minimum atomic E-state index is -2.83. The molecule has 166 valence electrons. The van der Waals surface area contributed by atoms with Crippen molar-refractivity contribution in [2.45, 2.75) is 31.2 Å². The Morgan fingerprint density at radius 3 is 2.66 bits per heavy atom. The Morgan fingerprint density at radius 1 is 1.16 bits per heavy atom. The number of alkyl halides is 2. The van der Waals surface area contributed by atoms with Crippen LogP contribution in [0.25, 0.3) is 0 Å². The number of aromatic nitrogens is 3. The monoisotopic (exact) mass is 439 g/mol. The van der Waals surface area contributed by atoms with Crippen LogP contribution in [0.2, 0.25) is 0 Å². The van der Waals surface area contributed by atoms with Gasteiger partial charge in [-0.25, -0.2) is 18.7 Å². The van der Waals surface area contributed by atoms with Crippen molar-refractivity contribution in [1.82, 2.24) is 19.9 Å². The number of likely N-dealkylation sites (tertiary alicyclic amines) is 1. The number of hydrogen-bond donors (Lipinski definition) is 1. The number of amides is 1. The number of pyridine rings is 3. The summed E-state index contributed by atoms with van der Waals surface area (Å²) in [4.78, 5) is 26.7. The fourth-order valence-corrected chi connectivity index (χ4v) is 3.66. The van der Waals surface area contributed by atoms with Crippen molar-refractivity contribution >= 4 is 11.7 Å². The molecular weight excluding hydrogens is 416 g/mol. The molecule has 0 aromatic carbocycles. The number of halogens is 2. The molecule has 1 amide bonds. The van der Waals surface area contributed by atoms with Crippen LogP contribution in [0, 0.1) is 0 Å². The Labute approximate surface area is 184 Å². The molecule has 4 rings (SSSR count). The van der Waals surface area contributed by atoms with Crippen LogP contribution in [0.3, 0.4) is 0 Å². The van der Waals surface area contributed by atoms with Gasteiger partial charge in [-0.2, -0.15) is 0 Å². The zero-order valence-electron chi connectivity index (χ0n) is 17.5. The first-order chi connectivity index (χ1) is 15.4. The summed E-state index contributed by atoms with van der Waals surface area (Å²) in [5.41, 5.74) is 0.521. The van der Waals surface area contributed by atoms with E-state index in [2.05, 4.69) is 20.3 Å². The predicted molar refractivity (Wildman–Crippen MR) is 115 cm³/mol. The number of nitrogens with zero attached hydrogens (tertiary/aromatic N) is 4. The lowest BCUT2D eigenvalue weighted by Crippen LogP contribution is -2.52. The lowest BCUT2D eigenvalue weighted by atomic mass is 9.87. The first-order valence-electron chi connectivity index (χ1n) is 10.3. The second-order valence-corrected chi connectivity index (χ2v) is 7.65. The molecule has 1 fully saturated rings. The van der Waals surface area contributed by atoms with Crippen LogP contribution in [-0.4, -0.2) is 50.8 Å². The van der Waals surface area contributed by atoms with Crippen molar-refractivity contribution in [3.8, 4) is 11.6 Å². The fraction of sp³-hybridized carbons (Fsp3) is 0.304. The van der Waals surface area contributed by atoms with Gasteiger partial charge in [0.15, 0.2) is 0 Å². The Bertz CT molecular complexity index is 1040. The molecule has 2 atom stereocenters. The molecule has 9 heteroatoms. The molecule has 3 aromatic rings. The van der Waals surface area contributed by atoms with E-state index >= 15 is 0 Å². The number of piperidine rings is 1. The minimum absolute atomic E-state index is 0.0792. The quantitative estimate of drug-likeness (QED) is 0.623. The molecule has 3 aromatic heterocycles. The molecule has 0 aliphatic carbocycles. The Balaban J connectivity index is 1.38. The molecule has 4 heterocycles. The van der Waals surface area contributed by atoms with E-state index in [9.17, 15) is 13.6 Å². The van der Waals surface area contributed by atoms with Crippen LogP contribution in [0.5, 0.6) is 11.6 Å². The summed E-state index contributed by atoms with van der Waals surface area (Å²) < 4.78 is 34.7. The highest BCUT2D eigenvalue weighted by Crippen LogP contribution is 2.40. The van der Waals surface area contributed by atoms with Crippen LogP contribution in [-0.2, 0) is 4.79 Å². The summed E-state index contributed by atoms with van der Waals surface area (Å²) in [6.45, 7) is 1.92. The van der Waals surface area contributed by atoms with E-state index in [1.807, 2.05) is 0 Å². The molecule has 32 heavy (non-hydrogen) atoms. The molecule has 7 nitrogen and oxygen atoms in total. The molecule has 1 aliphatic heterocycles. The second kappa shape index (κ2) is 9.35. The van der Waals surface area contributed by atoms with E-state index in [4.69, 9.17) is 4.74 Å². The predicted octanol–water partition coefficient (Wildman–Crippen LogP) is 4.12. The SMILES string of the molecule is CC(C(=O)Nc1ccc(Oc2ccccn2)cn1)N1CCC(F)(F)C(c2ccncc2)C1. The Morgan fingerprint density at radius 2 is 1.97 bits per heavy atom. The van der Waals surface area contributed by atoms with Crippen LogP contribution in [0.15, 0.2) is 67.3 Å². The summed E-state index contributed by atoms with van der Waals surface area (Å²) in [6.07, 6.45) is 5.81. The first-order valence-corrected chi connectivity index (χ1v) is 10.3. The van der Waals surface area contributed by atoms with Crippen LogP contribution >= 0.6 is 0 Å². The number of rotatable bonds is 6. The van der Waals surface area contributed by atoms with Crippen molar-refractivity contribution in [2.24, 2.45) is 0 Å². The molecule has 0 bridgehead atoms. The third kappa shape index (κ3) is 5.05. The Hall–Kier alpha value is -3.46. The topological polar surface area (TPSA) is 80.2 Å². The zero-order chi connectivity index (χ0) is 22.6. The van der Waals surface area contributed by atoms with Crippen molar-refractivity contribution < 1.29 is 18.3 Å². The largest absolute Gasteiger partial charge is 0.437 e. The molecular formula is C23H23F2N5O2. The van der Waals surface area contributed by atoms with Crippen molar-refractivity contribution in [2.75, 3.05) is 18.4 Å². The van der Waals surface area contributed by atoms with Crippen LogP contribution in [0.1, 0.15) is 24.8 Å². The Kier molecular flexibility index (Phi) is 6.36. The average molecular weight is 439 g/mol. The lowest BCUT2D eigenvalue weighted by Gasteiger charge is -2.40. The molecule has 1 saturated heterocycles. The first kappa shape index (κ1) is 21.8. The standard InChI is InChI=1S/C23H23F2N5O2/c1-16(30-13-9-23(24,25)19(15-30)17-7-11-26-12-8-17)22(31)29-20-6-5-18(14-28-20)32-21-4-2-3-10-27-21/h2-8,10-12,14,16,19H,9,13,15H2,1H3,(H,28,29,31). The zero-order valence-corrected chi connectivity index (χ0v) is 17.5. The lowest BCUT2D eigenvalue weighted by molar-refractivity contribution is -0.125. The van der Waals surface area contributed by atoms with E-state index in [-0.39, 0.29) is 25.4 Å². The van der Waals surface area contributed by atoms with Gasteiger partial charge in [-0.1, -0.05) is 6.07 Å². The molecule has 2 unspecified atom stereocenters. The van der Waals surface area contributed by atoms with E-state index in [0.29, 0.717) is 23.0 Å². The van der Waals surface area contributed by atoms with Gasteiger partial charge >= 0.3 is 0 Å². The number of carbonyl (C=O) groups is 1. The summed E-state index contributed by atoms with van der Waals surface area (Å²) in [7, 11) is 0. The highest BCUT2D eigenvalue weighted by Gasteiger charge is 2.46. The van der Waals surface area contributed by atoms with Gasteiger partial charge in [-0.3, -0.25) is 14.7 Å². The van der Waals surface area contributed by atoms with Crippen molar-refractivity contribution in [1.29, 1.82) is 0 Å². The highest BCUT2D eigenvalue weighted by molar-refractivity contribution is 5.93. The average Bonchev–Trinajstić information content (AvgIpc) is 2.81. The smallest absolute Gasteiger partial charge is 0.257 e. The highest BCUT2D eigenvalue weighted by atomic mass is 19.3. The molecule has 1 N–H and O–H groups in total. The van der Waals surface area contributed by atoms with Gasteiger partial charge in [-0.05, 0) is 42.8 Å². The van der Waals surface area contributed by atoms with Crippen LogP contribution in [0.4, 0.5) is 14.6 Å². The fourth-order valence-electron chi connectivity index (χ4n) is 3.66. The summed E-state index contributed by atoms with van der Waals surface area (Å²) in [5.74, 6) is -2.87.